The van der Waals surface area contributed by atoms with E-state index < -0.39 is 5.97 Å². The molecule has 1 saturated heterocycles. The van der Waals surface area contributed by atoms with E-state index in [1.165, 1.54) is 11.8 Å². The Balaban J connectivity index is 2.05. The number of amides is 1. The number of hydrogen-bond acceptors (Lipinski definition) is 3. The molecule has 4 nitrogen and oxygen atoms in total. The SMILES string of the molecule is O=C(O)CCCCN1CCSC1=O. The topological polar surface area (TPSA) is 57.6 Å². The summed E-state index contributed by atoms with van der Waals surface area (Å²) < 4.78 is 0. The number of carboxylic acids is 1. The summed E-state index contributed by atoms with van der Waals surface area (Å²) in [6, 6.07) is 0. The molecule has 0 aromatic rings. The third kappa shape index (κ3) is 3.67. The normalized spacial score (nSPS) is 16.6. The molecule has 1 rings (SSSR count). The number of aliphatic carboxylic acids is 1. The molecule has 1 N–H and O–H groups in total. The summed E-state index contributed by atoms with van der Waals surface area (Å²) in [7, 11) is 0. The smallest absolute Gasteiger partial charge is 0.303 e. The van der Waals surface area contributed by atoms with Crippen molar-refractivity contribution in [3.8, 4) is 0 Å². The molecule has 0 aromatic heterocycles. The molecule has 13 heavy (non-hydrogen) atoms. The number of carbonyl (C=O) groups excluding carboxylic acids is 1. The summed E-state index contributed by atoms with van der Waals surface area (Å²) in [5.41, 5.74) is 0. The molecule has 0 unspecified atom stereocenters. The fourth-order valence-electron chi connectivity index (χ4n) is 1.21. The summed E-state index contributed by atoms with van der Waals surface area (Å²) in [6.07, 6.45) is 1.65. The third-order valence-corrected chi connectivity index (χ3v) is 2.81. The fourth-order valence-corrected chi connectivity index (χ4v) is 2.06. The van der Waals surface area contributed by atoms with Crippen LogP contribution in [0.1, 0.15) is 19.3 Å². The number of carboxylic acid groups (broad SMARTS) is 1. The summed E-state index contributed by atoms with van der Waals surface area (Å²) in [4.78, 5) is 23.0. The Morgan fingerprint density at radius 2 is 2.31 bits per heavy atom. The van der Waals surface area contributed by atoms with Crippen LogP contribution in [0, 0.1) is 0 Å². The highest BCUT2D eigenvalue weighted by Crippen LogP contribution is 2.17. The Hall–Kier alpha value is -0.710. The van der Waals surface area contributed by atoms with Crippen LogP contribution in [0.5, 0.6) is 0 Å². The Morgan fingerprint density at radius 3 is 2.85 bits per heavy atom. The Morgan fingerprint density at radius 1 is 1.54 bits per heavy atom. The van der Waals surface area contributed by atoms with Gasteiger partial charge in [-0.15, -0.1) is 0 Å². The summed E-state index contributed by atoms with van der Waals surface area (Å²) in [6.45, 7) is 1.52. The van der Waals surface area contributed by atoms with Crippen LogP contribution in [-0.2, 0) is 4.79 Å². The van der Waals surface area contributed by atoms with Gasteiger partial charge in [0.25, 0.3) is 5.24 Å². The zero-order valence-electron chi connectivity index (χ0n) is 7.36. The Bertz CT molecular complexity index is 208. The molecule has 5 heteroatoms. The maximum atomic E-state index is 11.1. The zero-order chi connectivity index (χ0) is 9.68. The predicted octanol–water partition coefficient (Wildman–Crippen LogP) is 1.41. The van der Waals surface area contributed by atoms with E-state index in [1.807, 2.05) is 0 Å². The first-order valence-electron chi connectivity index (χ1n) is 4.33. The molecule has 0 aliphatic carbocycles. The van der Waals surface area contributed by atoms with Gasteiger partial charge in [-0.05, 0) is 12.8 Å². The molecular formula is C8H13NO3S. The first-order chi connectivity index (χ1) is 6.20. The van der Waals surface area contributed by atoms with Crippen LogP contribution in [0.4, 0.5) is 4.79 Å². The highest BCUT2D eigenvalue weighted by Gasteiger charge is 2.19. The van der Waals surface area contributed by atoms with Gasteiger partial charge in [-0.1, -0.05) is 11.8 Å². The van der Waals surface area contributed by atoms with Crippen LogP contribution in [0.25, 0.3) is 0 Å². The molecule has 0 saturated carbocycles. The van der Waals surface area contributed by atoms with Crippen molar-refractivity contribution in [2.45, 2.75) is 19.3 Å². The van der Waals surface area contributed by atoms with E-state index >= 15 is 0 Å². The predicted molar refractivity (Wildman–Crippen MR) is 50.9 cm³/mol. The lowest BCUT2D eigenvalue weighted by Crippen LogP contribution is -2.24. The summed E-state index contributed by atoms with van der Waals surface area (Å²) in [5, 5.41) is 8.51. The summed E-state index contributed by atoms with van der Waals surface area (Å²) >= 11 is 1.34. The van der Waals surface area contributed by atoms with Crippen LogP contribution in [-0.4, -0.2) is 40.1 Å². The van der Waals surface area contributed by atoms with Crippen molar-refractivity contribution in [2.24, 2.45) is 0 Å². The van der Waals surface area contributed by atoms with Crippen molar-refractivity contribution in [3.63, 3.8) is 0 Å². The zero-order valence-corrected chi connectivity index (χ0v) is 8.18. The van der Waals surface area contributed by atoms with Gasteiger partial charge in [-0.2, -0.15) is 0 Å². The van der Waals surface area contributed by atoms with Gasteiger partial charge < -0.3 is 10.0 Å². The molecule has 0 radical (unpaired) electrons. The first kappa shape index (κ1) is 10.4. The summed E-state index contributed by atoms with van der Waals surface area (Å²) in [5.74, 6) is 0.111. The molecule has 1 aliphatic rings. The van der Waals surface area contributed by atoms with E-state index in [0.29, 0.717) is 13.0 Å². The Labute approximate surface area is 81.3 Å². The minimum absolute atomic E-state index is 0.135. The van der Waals surface area contributed by atoms with E-state index in [1.54, 1.807) is 4.90 Å². The van der Waals surface area contributed by atoms with Crippen LogP contribution < -0.4 is 0 Å². The molecule has 1 amide bonds. The van der Waals surface area contributed by atoms with Gasteiger partial charge >= 0.3 is 5.97 Å². The van der Waals surface area contributed by atoms with Gasteiger partial charge in [-0.25, -0.2) is 0 Å². The molecular weight excluding hydrogens is 190 g/mol. The van der Waals surface area contributed by atoms with Gasteiger partial charge in [0.05, 0.1) is 0 Å². The average molecular weight is 203 g/mol. The second kappa shape index (κ2) is 5.11. The van der Waals surface area contributed by atoms with E-state index in [2.05, 4.69) is 0 Å². The van der Waals surface area contributed by atoms with Crippen molar-refractivity contribution < 1.29 is 14.7 Å². The molecule has 0 spiro atoms. The third-order valence-electron chi connectivity index (χ3n) is 1.91. The second-order valence-corrected chi connectivity index (χ2v) is 4.00. The number of nitrogens with zero attached hydrogens (tertiary/aromatic N) is 1. The maximum absolute atomic E-state index is 11.1. The monoisotopic (exact) mass is 203 g/mol. The molecule has 1 aliphatic heterocycles. The van der Waals surface area contributed by atoms with Gasteiger partial charge in [0.1, 0.15) is 0 Å². The lowest BCUT2D eigenvalue weighted by atomic mass is 10.2. The molecule has 1 heterocycles. The highest BCUT2D eigenvalue weighted by atomic mass is 32.2. The minimum atomic E-state index is -0.762. The minimum Gasteiger partial charge on any atom is -0.481 e. The largest absolute Gasteiger partial charge is 0.481 e. The van der Waals surface area contributed by atoms with Crippen molar-refractivity contribution in [2.75, 3.05) is 18.8 Å². The van der Waals surface area contributed by atoms with E-state index in [0.717, 1.165) is 18.7 Å². The van der Waals surface area contributed by atoms with Crippen LogP contribution >= 0.6 is 11.8 Å². The van der Waals surface area contributed by atoms with Crippen molar-refractivity contribution in [1.82, 2.24) is 4.90 Å². The van der Waals surface area contributed by atoms with E-state index in [9.17, 15) is 9.59 Å². The molecule has 0 bridgehead atoms. The number of carbonyl (C=O) groups is 2. The van der Waals surface area contributed by atoms with Crippen molar-refractivity contribution >= 4 is 23.0 Å². The first-order valence-corrected chi connectivity index (χ1v) is 5.32. The van der Waals surface area contributed by atoms with Gasteiger partial charge in [0.2, 0.25) is 0 Å². The maximum Gasteiger partial charge on any atom is 0.303 e. The number of hydrogen-bond donors (Lipinski definition) is 1. The van der Waals surface area contributed by atoms with Crippen molar-refractivity contribution in [3.05, 3.63) is 0 Å². The standard InChI is InChI=1S/C8H13NO3S/c10-7(11)3-1-2-4-9-5-6-13-8(9)12/h1-6H2,(H,10,11). The van der Waals surface area contributed by atoms with Crippen LogP contribution in [0.3, 0.4) is 0 Å². The highest BCUT2D eigenvalue weighted by molar-refractivity contribution is 8.13. The van der Waals surface area contributed by atoms with Gasteiger partial charge in [0, 0.05) is 25.3 Å². The molecule has 0 aromatic carbocycles. The van der Waals surface area contributed by atoms with E-state index in [-0.39, 0.29) is 11.7 Å². The molecule has 1 fully saturated rings. The van der Waals surface area contributed by atoms with Crippen molar-refractivity contribution in [1.29, 1.82) is 0 Å². The number of thioether (sulfide) groups is 1. The Kier molecular flexibility index (Phi) is 4.08. The quantitative estimate of drug-likeness (QED) is 0.686. The lowest BCUT2D eigenvalue weighted by Gasteiger charge is -2.13. The van der Waals surface area contributed by atoms with E-state index in [4.69, 9.17) is 5.11 Å². The van der Waals surface area contributed by atoms with Gasteiger partial charge in [-0.3, -0.25) is 9.59 Å². The fraction of sp³-hybridized carbons (Fsp3) is 0.750. The lowest BCUT2D eigenvalue weighted by molar-refractivity contribution is -0.137. The second-order valence-electron chi connectivity index (χ2n) is 2.95. The molecule has 0 atom stereocenters. The number of rotatable bonds is 5. The molecule has 74 valence electrons. The van der Waals surface area contributed by atoms with Crippen LogP contribution in [0.15, 0.2) is 0 Å². The van der Waals surface area contributed by atoms with Gasteiger partial charge in [0.15, 0.2) is 0 Å². The van der Waals surface area contributed by atoms with Crippen LogP contribution in [0.2, 0.25) is 0 Å². The average Bonchev–Trinajstić information content (AvgIpc) is 2.45. The number of unbranched alkanes of at least 4 members (excludes halogenated alkanes) is 1.